The number of aromatic nitrogens is 1. The number of aliphatic hydroxyl groups is 1. The number of urea groups is 1. The number of rotatable bonds is 5. The van der Waals surface area contributed by atoms with Gasteiger partial charge in [-0.05, 0) is 11.5 Å². The van der Waals surface area contributed by atoms with Crippen LogP contribution < -0.4 is 10.6 Å². The van der Waals surface area contributed by atoms with Gasteiger partial charge in [0.2, 0.25) is 0 Å². The van der Waals surface area contributed by atoms with Crippen LogP contribution in [0.15, 0.2) is 36.5 Å². The Kier molecular flexibility index (Phi) is 5.30. The Bertz CT molecular complexity index is 584. The first-order valence-electron chi connectivity index (χ1n) is 6.79. The van der Waals surface area contributed by atoms with Gasteiger partial charge in [0.25, 0.3) is 0 Å². The van der Waals surface area contributed by atoms with Crippen LogP contribution in [0.5, 0.6) is 0 Å². The molecule has 0 aliphatic rings. The molecular weight excluding hydrogens is 286 g/mol. The molecule has 1 aromatic heterocycles. The van der Waals surface area contributed by atoms with E-state index in [0.717, 1.165) is 10.4 Å². The summed E-state index contributed by atoms with van der Waals surface area (Å²) in [6.07, 6.45) is 1.77. The molecule has 1 heterocycles. The summed E-state index contributed by atoms with van der Waals surface area (Å²) >= 11 is 1.45. The molecule has 5 nitrogen and oxygen atoms in total. The lowest BCUT2D eigenvalue weighted by molar-refractivity contribution is 0.225. The fourth-order valence-corrected chi connectivity index (χ4v) is 2.64. The second-order valence-electron chi connectivity index (χ2n) is 4.97. The van der Waals surface area contributed by atoms with Crippen molar-refractivity contribution in [2.24, 2.45) is 0 Å². The zero-order chi connectivity index (χ0) is 15.2. The van der Waals surface area contributed by atoms with Gasteiger partial charge in [-0.2, -0.15) is 0 Å². The Hall–Kier alpha value is -1.92. The molecule has 0 saturated carbocycles. The molecule has 2 amide bonds. The molecular formula is C15H19N3O2S. The predicted molar refractivity (Wildman–Crippen MR) is 84.6 cm³/mol. The molecule has 2 aromatic rings. The number of anilines is 1. The van der Waals surface area contributed by atoms with Crippen LogP contribution in [-0.4, -0.2) is 22.7 Å². The smallest absolute Gasteiger partial charge is 0.321 e. The summed E-state index contributed by atoms with van der Waals surface area (Å²) in [4.78, 5) is 17.3. The standard InChI is InChI=1S/C15H19N3O2S/c1-10(2)13-8-16-15(21-13)18-14(20)17-12(9-19)11-6-4-3-5-7-11/h3-8,10,12,19H,9H2,1-2H3,(H2,16,17,18,20). The normalized spacial score (nSPS) is 12.2. The van der Waals surface area contributed by atoms with E-state index in [-0.39, 0.29) is 12.6 Å². The summed E-state index contributed by atoms with van der Waals surface area (Å²) in [7, 11) is 0. The van der Waals surface area contributed by atoms with E-state index in [1.807, 2.05) is 30.3 Å². The predicted octanol–water partition coefficient (Wildman–Crippen LogP) is 3.12. The molecule has 1 unspecified atom stereocenters. The summed E-state index contributed by atoms with van der Waals surface area (Å²) < 4.78 is 0. The molecule has 6 heteroatoms. The van der Waals surface area contributed by atoms with Crippen molar-refractivity contribution < 1.29 is 9.90 Å². The molecule has 112 valence electrons. The number of aliphatic hydroxyl groups excluding tert-OH is 1. The Morgan fingerprint density at radius 2 is 2.05 bits per heavy atom. The van der Waals surface area contributed by atoms with Crippen molar-refractivity contribution in [2.75, 3.05) is 11.9 Å². The third-order valence-electron chi connectivity index (χ3n) is 3.00. The van der Waals surface area contributed by atoms with Crippen molar-refractivity contribution in [1.29, 1.82) is 0 Å². The molecule has 1 atom stereocenters. The molecule has 0 saturated heterocycles. The molecule has 0 spiro atoms. The SMILES string of the molecule is CC(C)c1cnc(NC(=O)NC(CO)c2ccccc2)s1. The number of nitrogens with zero attached hydrogens (tertiary/aromatic N) is 1. The van der Waals surface area contributed by atoms with Gasteiger partial charge in [0, 0.05) is 11.1 Å². The molecule has 0 radical (unpaired) electrons. The fraction of sp³-hybridized carbons (Fsp3) is 0.333. The quantitative estimate of drug-likeness (QED) is 0.794. The summed E-state index contributed by atoms with van der Waals surface area (Å²) in [6.45, 7) is 4.00. The number of amides is 2. The van der Waals surface area contributed by atoms with Gasteiger partial charge in [-0.15, -0.1) is 11.3 Å². The Morgan fingerprint density at radius 1 is 1.33 bits per heavy atom. The first-order chi connectivity index (χ1) is 10.1. The summed E-state index contributed by atoms with van der Waals surface area (Å²) in [5.74, 6) is 0.385. The summed E-state index contributed by atoms with van der Waals surface area (Å²) in [5, 5.41) is 15.4. The van der Waals surface area contributed by atoms with Gasteiger partial charge < -0.3 is 10.4 Å². The number of carbonyl (C=O) groups excluding carboxylic acids is 1. The molecule has 0 aliphatic carbocycles. The lowest BCUT2D eigenvalue weighted by Gasteiger charge is -2.16. The number of carbonyl (C=O) groups is 1. The van der Waals surface area contributed by atoms with E-state index in [2.05, 4.69) is 29.5 Å². The maximum Gasteiger partial charge on any atom is 0.321 e. The molecule has 2 rings (SSSR count). The molecule has 3 N–H and O–H groups in total. The van der Waals surface area contributed by atoms with Crippen LogP contribution in [0, 0.1) is 0 Å². The zero-order valence-corrected chi connectivity index (χ0v) is 12.9. The number of nitrogens with one attached hydrogen (secondary N) is 2. The van der Waals surface area contributed by atoms with Crippen molar-refractivity contribution in [2.45, 2.75) is 25.8 Å². The minimum absolute atomic E-state index is 0.160. The van der Waals surface area contributed by atoms with E-state index >= 15 is 0 Å². The summed E-state index contributed by atoms with van der Waals surface area (Å²) in [6, 6.07) is 8.54. The van der Waals surface area contributed by atoms with E-state index in [4.69, 9.17) is 0 Å². The first-order valence-corrected chi connectivity index (χ1v) is 7.61. The summed E-state index contributed by atoms with van der Waals surface area (Å²) in [5.41, 5.74) is 0.858. The van der Waals surface area contributed by atoms with E-state index in [9.17, 15) is 9.90 Å². The fourth-order valence-electron chi connectivity index (χ4n) is 1.82. The molecule has 1 aromatic carbocycles. The van der Waals surface area contributed by atoms with Crippen molar-refractivity contribution in [3.63, 3.8) is 0 Å². The Balaban J connectivity index is 1.96. The maximum absolute atomic E-state index is 12.0. The van der Waals surface area contributed by atoms with Gasteiger partial charge in [-0.3, -0.25) is 5.32 Å². The monoisotopic (exact) mass is 305 g/mol. The van der Waals surface area contributed by atoms with Gasteiger partial charge in [0.15, 0.2) is 5.13 Å². The third kappa shape index (κ3) is 4.27. The second-order valence-corrected chi connectivity index (χ2v) is 6.03. The van der Waals surface area contributed by atoms with E-state index in [0.29, 0.717) is 11.0 Å². The lowest BCUT2D eigenvalue weighted by atomic mass is 10.1. The first kappa shape index (κ1) is 15.5. The van der Waals surface area contributed by atoms with Crippen LogP contribution in [-0.2, 0) is 0 Å². The number of hydrogen-bond acceptors (Lipinski definition) is 4. The maximum atomic E-state index is 12.0. The number of thiazole rings is 1. The average molecular weight is 305 g/mol. The van der Waals surface area contributed by atoms with Gasteiger partial charge in [-0.25, -0.2) is 9.78 Å². The van der Waals surface area contributed by atoms with Gasteiger partial charge >= 0.3 is 6.03 Å². The van der Waals surface area contributed by atoms with Gasteiger partial charge in [0.05, 0.1) is 12.6 Å². The highest BCUT2D eigenvalue weighted by molar-refractivity contribution is 7.15. The van der Waals surface area contributed by atoms with Crippen molar-refractivity contribution >= 4 is 22.5 Å². The van der Waals surface area contributed by atoms with Crippen molar-refractivity contribution in [1.82, 2.24) is 10.3 Å². The van der Waals surface area contributed by atoms with Crippen LogP contribution in [0.3, 0.4) is 0 Å². The van der Waals surface area contributed by atoms with Crippen LogP contribution in [0.1, 0.15) is 36.2 Å². The van der Waals surface area contributed by atoms with Crippen LogP contribution >= 0.6 is 11.3 Å². The van der Waals surface area contributed by atoms with Crippen LogP contribution in [0.2, 0.25) is 0 Å². The van der Waals surface area contributed by atoms with E-state index in [1.165, 1.54) is 11.3 Å². The van der Waals surface area contributed by atoms with Crippen molar-refractivity contribution in [3.05, 3.63) is 47.0 Å². The van der Waals surface area contributed by atoms with Gasteiger partial charge in [-0.1, -0.05) is 44.2 Å². The average Bonchev–Trinajstić information content (AvgIpc) is 2.94. The highest BCUT2D eigenvalue weighted by Crippen LogP contribution is 2.25. The van der Waals surface area contributed by atoms with Crippen molar-refractivity contribution in [3.8, 4) is 0 Å². The molecule has 0 bridgehead atoms. The third-order valence-corrected chi connectivity index (χ3v) is 4.22. The van der Waals surface area contributed by atoms with E-state index < -0.39 is 6.04 Å². The minimum Gasteiger partial charge on any atom is -0.394 e. The molecule has 0 fully saturated rings. The molecule has 21 heavy (non-hydrogen) atoms. The van der Waals surface area contributed by atoms with Crippen LogP contribution in [0.25, 0.3) is 0 Å². The minimum atomic E-state index is -0.435. The highest BCUT2D eigenvalue weighted by Gasteiger charge is 2.14. The highest BCUT2D eigenvalue weighted by atomic mass is 32.1. The second kappa shape index (κ2) is 7.19. The zero-order valence-electron chi connectivity index (χ0n) is 12.0. The van der Waals surface area contributed by atoms with E-state index in [1.54, 1.807) is 6.20 Å². The Labute approximate surface area is 128 Å². The Morgan fingerprint density at radius 3 is 2.62 bits per heavy atom. The largest absolute Gasteiger partial charge is 0.394 e. The topological polar surface area (TPSA) is 74.2 Å². The van der Waals surface area contributed by atoms with Gasteiger partial charge in [0.1, 0.15) is 0 Å². The molecule has 0 aliphatic heterocycles. The lowest BCUT2D eigenvalue weighted by Crippen LogP contribution is -2.34. The van der Waals surface area contributed by atoms with Crippen LogP contribution in [0.4, 0.5) is 9.93 Å². The number of benzene rings is 1. The number of hydrogen-bond donors (Lipinski definition) is 3.